The maximum atomic E-state index is 4.60. The Labute approximate surface area is 119 Å². The highest BCUT2D eigenvalue weighted by Crippen LogP contribution is 2.28. The van der Waals surface area contributed by atoms with Gasteiger partial charge >= 0.3 is 0 Å². The van der Waals surface area contributed by atoms with Gasteiger partial charge in [0.2, 0.25) is 5.13 Å². The predicted molar refractivity (Wildman–Crippen MR) is 79.7 cm³/mol. The Morgan fingerprint density at radius 3 is 3.00 bits per heavy atom. The lowest BCUT2D eigenvalue weighted by atomic mass is 10.3. The molecular weight excluding hydrogens is 284 g/mol. The van der Waals surface area contributed by atoms with Crippen LogP contribution in [0.25, 0.3) is 0 Å². The summed E-state index contributed by atoms with van der Waals surface area (Å²) in [5.74, 6) is 0.876. The fraction of sp³-hybridized carbons (Fsp3) is 0.545. The molecule has 18 heavy (non-hydrogen) atoms. The molecule has 4 nitrogen and oxygen atoms in total. The Balaban J connectivity index is 1.85. The van der Waals surface area contributed by atoms with Gasteiger partial charge in [-0.1, -0.05) is 30.0 Å². The number of aromatic nitrogens is 3. The Morgan fingerprint density at radius 1 is 1.33 bits per heavy atom. The van der Waals surface area contributed by atoms with Crippen LogP contribution in [0.2, 0.25) is 0 Å². The lowest BCUT2D eigenvalue weighted by Gasteiger charge is -1.93. The molecule has 0 aliphatic carbocycles. The number of thiazole rings is 1. The largest absolute Gasteiger partial charge is 0.360 e. The standard InChI is InChI=1S/C11H16N4S3/c1-3-5-9-13-8(6-16-9)7-17-11-15-14-10(18-11)12-4-2/h6H,3-5,7H2,1-2H3,(H,12,14). The molecule has 0 radical (unpaired) electrons. The molecule has 2 heterocycles. The maximum Gasteiger partial charge on any atom is 0.206 e. The molecule has 98 valence electrons. The molecule has 7 heteroatoms. The molecule has 1 N–H and O–H groups in total. The zero-order valence-electron chi connectivity index (χ0n) is 10.5. The lowest BCUT2D eigenvalue weighted by molar-refractivity contribution is 0.902. The van der Waals surface area contributed by atoms with Gasteiger partial charge in [-0.05, 0) is 19.8 Å². The smallest absolute Gasteiger partial charge is 0.206 e. The van der Waals surface area contributed by atoms with Gasteiger partial charge in [0.25, 0.3) is 0 Å². The molecule has 2 rings (SSSR count). The van der Waals surface area contributed by atoms with E-state index in [0.29, 0.717) is 0 Å². The zero-order chi connectivity index (χ0) is 12.8. The van der Waals surface area contributed by atoms with Crippen molar-refractivity contribution in [3.05, 3.63) is 16.1 Å². The average molecular weight is 300 g/mol. The SMILES string of the molecule is CCCc1nc(CSc2nnc(NCC)s2)cs1. The van der Waals surface area contributed by atoms with Crippen molar-refractivity contribution in [2.24, 2.45) is 0 Å². The topological polar surface area (TPSA) is 50.7 Å². The third-order valence-corrected chi connectivity index (χ3v) is 5.15. The van der Waals surface area contributed by atoms with Crippen molar-refractivity contribution >= 4 is 39.6 Å². The summed E-state index contributed by atoms with van der Waals surface area (Å²) in [5, 5.41) is 15.6. The number of nitrogens with one attached hydrogen (secondary N) is 1. The molecule has 0 aliphatic rings. The fourth-order valence-corrected chi connectivity index (χ4v) is 4.09. The predicted octanol–water partition coefficient (Wildman–Crippen LogP) is 3.67. The van der Waals surface area contributed by atoms with Crippen LogP contribution in [0.5, 0.6) is 0 Å². The molecule has 2 aromatic rings. The van der Waals surface area contributed by atoms with Gasteiger partial charge in [0.05, 0.1) is 10.7 Å². The first-order chi connectivity index (χ1) is 8.81. The number of nitrogens with zero attached hydrogens (tertiary/aromatic N) is 3. The van der Waals surface area contributed by atoms with Crippen molar-refractivity contribution in [2.45, 2.75) is 36.8 Å². The first-order valence-corrected chi connectivity index (χ1v) is 8.63. The molecule has 0 saturated heterocycles. The number of rotatable bonds is 7. The number of hydrogen-bond acceptors (Lipinski definition) is 7. The van der Waals surface area contributed by atoms with Gasteiger partial charge in [0, 0.05) is 17.7 Å². The number of aryl methyl sites for hydroxylation is 1. The highest BCUT2D eigenvalue weighted by atomic mass is 32.2. The van der Waals surface area contributed by atoms with E-state index in [-0.39, 0.29) is 0 Å². The van der Waals surface area contributed by atoms with Crippen molar-refractivity contribution in [1.82, 2.24) is 15.2 Å². The fourth-order valence-electron chi connectivity index (χ4n) is 1.37. The molecule has 0 amide bonds. The van der Waals surface area contributed by atoms with Crippen molar-refractivity contribution in [3.8, 4) is 0 Å². The highest BCUT2D eigenvalue weighted by Gasteiger charge is 2.06. The van der Waals surface area contributed by atoms with E-state index >= 15 is 0 Å². The van der Waals surface area contributed by atoms with Gasteiger partial charge in [-0.2, -0.15) is 0 Å². The van der Waals surface area contributed by atoms with Gasteiger partial charge in [-0.15, -0.1) is 21.5 Å². The van der Waals surface area contributed by atoms with Crippen LogP contribution in [0.3, 0.4) is 0 Å². The van der Waals surface area contributed by atoms with E-state index in [4.69, 9.17) is 0 Å². The van der Waals surface area contributed by atoms with Crippen LogP contribution in [0, 0.1) is 0 Å². The quantitative estimate of drug-likeness (QED) is 0.791. The van der Waals surface area contributed by atoms with Crippen LogP contribution in [-0.4, -0.2) is 21.7 Å². The summed E-state index contributed by atoms with van der Waals surface area (Å²) in [5.41, 5.74) is 1.15. The van der Waals surface area contributed by atoms with Crippen LogP contribution in [0.4, 0.5) is 5.13 Å². The minimum Gasteiger partial charge on any atom is -0.360 e. The Bertz CT molecular complexity index is 436. The van der Waals surface area contributed by atoms with E-state index < -0.39 is 0 Å². The van der Waals surface area contributed by atoms with Crippen LogP contribution in [0.1, 0.15) is 31.0 Å². The first kappa shape index (κ1) is 13.8. The van der Waals surface area contributed by atoms with Gasteiger partial charge in [0.15, 0.2) is 4.34 Å². The maximum absolute atomic E-state index is 4.60. The summed E-state index contributed by atoms with van der Waals surface area (Å²) in [6.45, 7) is 5.11. The normalized spacial score (nSPS) is 10.8. The average Bonchev–Trinajstić information content (AvgIpc) is 2.97. The lowest BCUT2D eigenvalue weighted by Crippen LogP contribution is -1.94. The summed E-state index contributed by atoms with van der Waals surface area (Å²) in [6, 6.07) is 0. The van der Waals surface area contributed by atoms with Crippen LogP contribution < -0.4 is 5.32 Å². The molecular formula is C11H16N4S3. The monoisotopic (exact) mass is 300 g/mol. The van der Waals surface area contributed by atoms with E-state index in [0.717, 1.165) is 40.3 Å². The molecule has 2 aromatic heterocycles. The summed E-state index contributed by atoms with van der Waals surface area (Å²) in [6.07, 6.45) is 2.24. The third-order valence-electron chi connectivity index (χ3n) is 2.14. The second-order valence-corrected chi connectivity index (χ2v) is 6.82. The van der Waals surface area contributed by atoms with E-state index in [1.807, 2.05) is 0 Å². The van der Waals surface area contributed by atoms with Crippen LogP contribution >= 0.6 is 34.4 Å². The van der Waals surface area contributed by atoms with Crippen LogP contribution in [0.15, 0.2) is 9.72 Å². The first-order valence-electron chi connectivity index (χ1n) is 5.95. The van der Waals surface area contributed by atoms with Crippen molar-refractivity contribution in [1.29, 1.82) is 0 Å². The minimum absolute atomic E-state index is 0.876. The molecule has 0 aromatic carbocycles. The molecule has 0 saturated carbocycles. The Morgan fingerprint density at radius 2 is 2.22 bits per heavy atom. The van der Waals surface area contributed by atoms with Crippen molar-refractivity contribution < 1.29 is 0 Å². The van der Waals surface area contributed by atoms with E-state index in [9.17, 15) is 0 Å². The number of thioether (sulfide) groups is 1. The van der Waals surface area contributed by atoms with E-state index in [1.54, 1.807) is 34.4 Å². The third kappa shape index (κ3) is 3.93. The Kier molecular flexibility index (Phi) is 5.40. The van der Waals surface area contributed by atoms with E-state index in [2.05, 4.69) is 39.7 Å². The molecule has 0 unspecified atom stereocenters. The molecule has 0 aliphatic heterocycles. The molecule has 0 bridgehead atoms. The summed E-state index contributed by atoms with van der Waals surface area (Å²) in [7, 11) is 0. The highest BCUT2D eigenvalue weighted by molar-refractivity contribution is 8.00. The molecule has 0 fully saturated rings. The number of anilines is 1. The second-order valence-electron chi connectivity index (χ2n) is 3.67. The molecule has 0 spiro atoms. The number of hydrogen-bond donors (Lipinski definition) is 1. The summed E-state index contributed by atoms with van der Waals surface area (Å²) < 4.78 is 0.996. The van der Waals surface area contributed by atoms with Gasteiger partial charge in [0.1, 0.15) is 0 Å². The van der Waals surface area contributed by atoms with Crippen molar-refractivity contribution in [3.63, 3.8) is 0 Å². The van der Waals surface area contributed by atoms with Gasteiger partial charge in [-0.25, -0.2) is 4.98 Å². The summed E-state index contributed by atoms with van der Waals surface area (Å²) >= 11 is 5.05. The minimum atomic E-state index is 0.876. The van der Waals surface area contributed by atoms with E-state index in [1.165, 1.54) is 5.01 Å². The summed E-state index contributed by atoms with van der Waals surface area (Å²) in [4.78, 5) is 4.60. The zero-order valence-corrected chi connectivity index (χ0v) is 12.9. The molecule has 0 atom stereocenters. The van der Waals surface area contributed by atoms with Gasteiger partial charge < -0.3 is 5.32 Å². The van der Waals surface area contributed by atoms with Crippen molar-refractivity contribution in [2.75, 3.05) is 11.9 Å². The van der Waals surface area contributed by atoms with Crippen LogP contribution in [-0.2, 0) is 12.2 Å². The Hall–Kier alpha value is -0.660. The van der Waals surface area contributed by atoms with Gasteiger partial charge in [-0.3, -0.25) is 0 Å². The second kappa shape index (κ2) is 7.06.